The van der Waals surface area contributed by atoms with E-state index in [0.717, 1.165) is 0 Å². The first-order chi connectivity index (χ1) is 7.74. The molecule has 1 unspecified atom stereocenters. The molecule has 0 fully saturated rings. The maximum absolute atomic E-state index is 11.5. The largest absolute Gasteiger partial charge is 0.462 e. The second kappa shape index (κ2) is 4.28. The van der Waals surface area contributed by atoms with E-state index in [9.17, 15) is 9.90 Å². The molecule has 0 saturated heterocycles. The Balaban J connectivity index is 2.25. The second-order valence-corrected chi connectivity index (χ2v) is 3.15. The van der Waals surface area contributed by atoms with Crippen molar-refractivity contribution in [3.63, 3.8) is 0 Å². The van der Waals surface area contributed by atoms with E-state index in [0.29, 0.717) is 5.84 Å². The number of hydrogen-bond acceptors (Lipinski definition) is 6. The number of hydrogen-bond donors (Lipinski definition) is 1. The Kier molecular flexibility index (Phi) is 2.82. The molecule has 0 aromatic heterocycles. The van der Waals surface area contributed by atoms with Crippen LogP contribution in [0.2, 0.25) is 0 Å². The third-order valence-corrected chi connectivity index (χ3v) is 2.16. The molecule has 0 radical (unpaired) electrons. The number of aliphatic hydroxyl groups is 1. The van der Waals surface area contributed by atoms with Crippen LogP contribution in [0.1, 0.15) is 6.92 Å². The van der Waals surface area contributed by atoms with Crippen molar-refractivity contribution in [2.75, 3.05) is 6.61 Å². The average Bonchev–Trinajstić information content (AvgIpc) is 2.30. The minimum atomic E-state index is -1.07. The number of fused-ring (bicyclic) bond motifs is 1. The summed E-state index contributed by atoms with van der Waals surface area (Å²) in [7, 11) is 0. The molecule has 0 spiro atoms. The monoisotopic (exact) mass is 221 g/mol. The molecule has 2 aliphatic heterocycles. The summed E-state index contributed by atoms with van der Waals surface area (Å²) in [5, 5.41) is 9.92. The van der Waals surface area contributed by atoms with Crippen LogP contribution in [0.3, 0.4) is 0 Å². The summed E-state index contributed by atoms with van der Waals surface area (Å²) in [6.07, 6.45) is 4.79. The van der Waals surface area contributed by atoms with E-state index < -0.39 is 12.2 Å². The van der Waals surface area contributed by atoms with Gasteiger partial charge in [0.25, 0.3) is 0 Å². The molecule has 0 aromatic carbocycles. The third kappa shape index (κ3) is 1.74. The predicted molar refractivity (Wildman–Crippen MR) is 57.6 cm³/mol. The van der Waals surface area contributed by atoms with Crippen molar-refractivity contribution in [1.82, 2.24) is 4.90 Å². The highest BCUT2D eigenvalue weighted by molar-refractivity contribution is 6.31. The number of carbonyl (C=O) groups is 1. The lowest BCUT2D eigenvalue weighted by molar-refractivity contribution is -0.140. The van der Waals surface area contributed by atoms with Crippen molar-refractivity contribution in [2.45, 2.75) is 13.2 Å². The van der Waals surface area contributed by atoms with Crippen molar-refractivity contribution >= 4 is 18.0 Å². The minimum absolute atomic E-state index is 0.116. The minimum Gasteiger partial charge on any atom is -0.462 e. The summed E-state index contributed by atoms with van der Waals surface area (Å²) >= 11 is 0. The lowest BCUT2D eigenvalue weighted by Gasteiger charge is -2.30. The van der Waals surface area contributed by atoms with Gasteiger partial charge in [-0.25, -0.2) is 9.79 Å². The average molecular weight is 221 g/mol. The lowest BCUT2D eigenvalue weighted by atomic mass is 10.2. The highest BCUT2D eigenvalue weighted by atomic mass is 16.5. The van der Waals surface area contributed by atoms with Crippen LogP contribution in [-0.2, 0) is 9.53 Å². The summed E-state index contributed by atoms with van der Waals surface area (Å²) in [6.45, 7) is 1.96. The van der Waals surface area contributed by atoms with Gasteiger partial charge in [0.2, 0.25) is 0 Å². The molecular formula is C10H11N3O3. The maximum atomic E-state index is 11.5. The molecular weight excluding hydrogens is 210 g/mol. The summed E-state index contributed by atoms with van der Waals surface area (Å²) in [5.74, 6) is -0.0724. The highest BCUT2D eigenvalue weighted by Gasteiger charge is 2.30. The molecule has 0 amide bonds. The number of carbonyl (C=O) groups excluding carboxylic acids is 1. The number of aliphatic imine (C=N–C) groups is 2. The van der Waals surface area contributed by atoms with Crippen LogP contribution in [-0.4, -0.2) is 40.9 Å². The van der Waals surface area contributed by atoms with Gasteiger partial charge in [0, 0.05) is 18.6 Å². The van der Waals surface area contributed by atoms with Gasteiger partial charge in [-0.15, -0.1) is 0 Å². The van der Waals surface area contributed by atoms with E-state index in [2.05, 4.69) is 9.98 Å². The molecule has 6 heteroatoms. The summed E-state index contributed by atoms with van der Waals surface area (Å²) < 4.78 is 4.81. The van der Waals surface area contributed by atoms with Crippen molar-refractivity contribution in [1.29, 1.82) is 0 Å². The fourth-order valence-corrected chi connectivity index (χ4v) is 1.39. The van der Waals surface area contributed by atoms with Gasteiger partial charge in [-0.2, -0.15) is 0 Å². The molecule has 0 bridgehead atoms. The summed E-state index contributed by atoms with van der Waals surface area (Å²) in [6, 6.07) is 0. The smallest absolute Gasteiger partial charge is 0.340 e. The zero-order valence-electron chi connectivity index (χ0n) is 8.70. The van der Waals surface area contributed by atoms with Gasteiger partial charge >= 0.3 is 5.97 Å². The Hall–Kier alpha value is -1.95. The molecule has 84 valence electrons. The van der Waals surface area contributed by atoms with E-state index in [4.69, 9.17) is 4.74 Å². The Morgan fingerprint density at radius 1 is 1.69 bits per heavy atom. The Labute approximate surface area is 92.3 Å². The van der Waals surface area contributed by atoms with E-state index >= 15 is 0 Å². The van der Waals surface area contributed by atoms with Crippen molar-refractivity contribution in [2.24, 2.45) is 9.98 Å². The van der Waals surface area contributed by atoms with E-state index in [1.165, 1.54) is 23.5 Å². The number of nitrogens with zero attached hydrogens (tertiary/aromatic N) is 3. The van der Waals surface area contributed by atoms with E-state index in [1.54, 1.807) is 13.1 Å². The molecule has 1 atom stereocenters. The van der Waals surface area contributed by atoms with E-state index in [-0.39, 0.29) is 12.2 Å². The fraction of sp³-hybridized carbons (Fsp3) is 0.300. The Bertz CT molecular complexity index is 423. The number of aliphatic hydroxyl groups excluding tert-OH is 1. The van der Waals surface area contributed by atoms with Crippen LogP contribution in [0.25, 0.3) is 0 Å². The number of rotatable bonds is 2. The fourth-order valence-electron chi connectivity index (χ4n) is 1.39. The molecule has 0 aromatic rings. The van der Waals surface area contributed by atoms with Crippen molar-refractivity contribution in [3.05, 3.63) is 24.2 Å². The first kappa shape index (κ1) is 10.6. The SMILES string of the molecule is CCOC(=O)C1=CN=C2C=NC=CN2C1O. The first-order valence-electron chi connectivity index (χ1n) is 4.85. The first-order valence-corrected chi connectivity index (χ1v) is 4.85. The second-order valence-electron chi connectivity index (χ2n) is 3.15. The highest BCUT2D eigenvalue weighted by Crippen LogP contribution is 2.18. The van der Waals surface area contributed by atoms with Crippen LogP contribution < -0.4 is 0 Å². The third-order valence-electron chi connectivity index (χ3n) is 2.16. The lowest BCUT2D eigenvalue weighted by Crippen LogP contribution is -2.43. The van der Waals surface area contributed by atoms with Gasteiger partial charge in [0.15, 0.2) is 12.1 Å². The Morgan fingerprint density at radius 3 is 3.25 bits per heavy atom. The number of esters is 1. The summed E-state index contributed by atoms with van der Waals surface area (Å²) in [5.41, 5.74) is 0.116. The molecule has 0 aliphatic carbocycles. The van der Waals surface area contributed by atoms with Gasteiger partial charge < -0.3 is 9.84 Å². The zero-order chi connectivity index (χ0) is 11.5. The van der Waals surface area contributed by atoms with Crippen LogP contribution >= 0.6 is 0 Å². The standard InChI is InChI=1S/C10H11N3O3/c1-2-16-10(15)7-5-12-8-6-11-3-4-13(8)9(7)14/h3-6,9,14H,2H2,1H3. The molecule has 2 rings (SSSR count). The van der Waals surface area contributed by atoms with Gasteiger partial charge in [-0.05, 0) is 6.92 Å². The quantitative estimate of drug-likeness (QED) is 0.667. The number of ether oxygens (including phenoxy) is 1. The van der Waals surface area contributed by atoms with Crippen LogP contribution in [0.5, 0.6) is 0 Å². The molecule has 1 N–H and O–H groups in total. The number of amidine groups is 1. The molecule has 0 saturated carbocycles. The van der Waals surface area contributed by atoms with E-state index in [1.807, 2.05) is 0 Å². The molecule has 2 aliphatic rings. The van der Waals surface area contributed by atoms with Crippen LogP contribution in [0.15, 0.2) is 34.2 Å². The topological polar surface area (TPSA) is 74.5 Å². The van der Waals surface area contributed by atoms with Crippen molar-refractivity contribution < 1.29 is 14.6 Å². The molecule has 16 heavy (non-hydrogen) atoms. The van der Waals surface area contributed by atoms with Gasteiger partial charge in [0.1, 0.15) is 5.57 Å². The maximum Gasteiger partial charge on any atom is 0.340 e. The molecule has 2 heterocycles. The summed E-state index contributed by atoms with van der Waals surface area (Å²) in [4.78, 5) is 20.8. The van der Waals surface area contributed by atoms with Crippen LogP contribution in [0, 0.1) is 0 Å². The Morgan fingerprint density at radius 2 is 2.50 bits per heavy atom. The van der Waals surface area contributed by atoms with Gasteiger partial charge in [0.05, 0.1) is 12.8 Å². The van der Waals surface area contributed by atoms with Crippen LogP contribution in [0.4, 0.5) is 0 Å². The van der Waals surface area contributed by atoms with Gasteiger partial charge in [-0.3, -0.25) is 9.89 Å². The van der Waals surface area contributed by atoms with Crippen molar-refractivity contribution in [3.8, 4) is 0 Å². The zero-order valence-corrected chi connectivity index (χ0v) is 8.70. The van der Waals surface area contributed by atoms with Gasteiger partial charge in [-0.1, -0.05) is 0 Å². The predicted octanol–water partition coefficient (Wildman–Crippen LogP) is 0.0215. The normalized spacial score (nSPS) is 22.4. The molecule has 6 nitrogen and oxygen atoms in total.